The predicted octanol–water partition coefficient (Wildman–Crippen LogP) is -0.330. The van der Waals surface area contributed by atoms with E-state index in [0.29, 0.717) is 0 Å². The molecule has 0 aliphatic carbocycles. The van der Waals surface area contributed by atoms with Gasteiger partial charge in [-0.05, 0) is 13.8 Å². The summed E-state index contributed by atoms with van der Waals surface area (Å²) in [4.78, 5) is 0. The summed E-state index contributed by atoms with van der Waals surface area (Å²) >= 11 is 0. The zero-order valence-corrected chi connectivity index (χ0v) is 5.98. The zero-order valence-electron chi connectivity index (χ0n) is 5.98. The van der Waals surface area contributed by atoms with Crippen LogP contribution in [0.3, 0.4) is 0 Å². The first-order valence-electron chi connectivity index (χ1n) is 3.27. The number of hydrogen-bond donors (Lipinski definition) is 2. The van der Waals surface area contributed by atoms with Crippen LogP contribution in [0.2, 0.25) is 0 Å². The molecule has 1 fully saturated rings. The Hall–Kier alpha value is -0.120. The highest BCUT2D eigenvalue weighted by molar-refractivity contribution is 4.77. The van der Waals surface area contributed by atoms with Gasteiger partial charge in [0.05, 0.1) is 6.10 Å². The van der Waals surface area contributed by atoms with Crippen molar-refractivity contribution in [2.24, 2.45) is 5.73 Å². The normalized spacial score (nSPS) is 45.0. The Morgan fingerprint density at radius 2 is 2.44 bits per heavy atom. The van der Waals surface area contributed by atoms with E-state index in [1.54, 1.807) is 0 Å². The van der Waals surface area contributed by atoms with E-state index in [9.17, 15) is 0 Å². The van der Waals surface area contributed by atoms with Crippen LogP contribution in [-0.4, -0.2) is 24.9 Å². The monoisotopic (exact) mass is 130 g/mol. The molecule has 0 amide bonds. The van der Waals surface area contributed by atoms with E-state index in [2.05, 4.69) is 5.32 Å². The molecule has 0 aromatic heterocycles. The van der Waals surface area contributed by atoms with Crippen LogP contribution in [0.1, 0.15) is 13.8 Å². The number of morpholine rings is 1. The molecule has 1 aliphatic rings. The molecule has 9 heavy (non-hydrogen) atoms. The summed E-state index contributed by atoms with van der Waals surface area (Å²) in [5.74, 6) is 0. The van der Waals surface area contributed by atoms with Crippen LogP contribution in [0.5, 0.6) is 0 Å². The van der Waals surface area contributed by atoms with Crippen LogP contribution in [0.25, 0.3) is 0 Å². The van der Waals surface area contributed by atoms with E-state index in [1.807, 2.05) is 13.8 Å². The minimum atomic E-state index is -0.461. The van der Waals surface area contributed by atoms with Gasteiger partial charge in [0.2, 0.25) is 0 Å². The molecule has 0 aromatic rings. The van der Waals surface area contributed by atoms with Crippen LogP contribution < -0.4 is 11.1 Å². The minimum absolute atomic E-state index is 0.244. The second-order valence-electron chi connectivity index (χ2n) is 2.87. The third-order valence-electron chi connectivity index (χ3n) is 1.38. The summed E-state index contributed by atoms with van der Waals surface area (Å²) in [5, 5.41) is 3.17. The molecule has 1 heterocycles. The molecule has 0 saturated carbocycles. The third-order valence-corrected chi connectivity index (χ3v) is 1.38. The Kier molecular flexibility index (Phi) is 1.75. The van der Waals surface area contributed by atoms with Gasteiger partial charge in [0, 0.05) is 13.1 Å². The molecule has 0 radical (unpaired) electrons. The Bertz CT molecular complexity index is 103. The molecule has 3 N–H and O–H groups in total. The average Bonchev–Trinajstić information content (AvgIpc) is 1.60. The lowest BCUT2D eigenvalue weighted by molar-refractivity contribution is -0.0931. The number of hydrogen-bond acceptors (Lipinski definition) is 3. The molecule has 0 bridgehead atoms. The van der Waals surface area contributed by atoms with Gasteiger partial charge in [-0.2, -0.15) is 0 Å². The summed E-state index contributed by atoms with van der Waals surface area (Å²) < 4.78 is 5.39. The molecular weight excluding hydrogens is 116 g/mol. The summed E-state index contributed by atoms with van der Waals surface area (Å²) in [7, 11) is 0. The van der Waals surface area contributed by atoms with E-state index in [0.717, 1.165) is 13.1 Å². The van der Waals surface area contributed by atoms with Crippen LogP contribution >= 0.6 is 0 Å². The van der Waals surface area contributed by atoms with Crippen LogP contribution in [0, 0.1) is 0 Å². The Morgan fingerprint density at radius 3 is 2.78 bits per heavy atom. The summed E-state index contributed by atoms with van der Waals surface area (Å²) in [5.41, 5.74) is 5.22. The number of ether oxygens (including phenoxy) is 1. The predicted molar refractivity (Wildman–Crippen MR) is 36.0 cm³/mol. The summed E-state index contributed by atoms with van der Waals surface area (Å²) in [6.07, 6.45) is 0.244. The molecule has 0 aromatic carbocycles. The molecule has 3 nitrogen and oxygen atoms in total. The molecule has 3 heteroatoms. The number of nitrogens with one attached hydrogen (secondary N) is 1. The average molecular weight is 130 g/mol. The highest BCUT2D eigenvalue weighted by Crippen LogP contribution is 2.08. The van der Waals surface area contributed by atoms with Crippen LogP contribution in [0.15, 0.2) is 0 Å². The maximum Gasteiger partial charge on any atom is 0.126 e. The largest absolute Gasteiger partial charge is 0.356 e. The highest BCUT2D eigenvalue weighted by Gasteiger charge is 2.25. The summed E-state index contributed by atoms with van der Waals surface area (Å²) in [6.45, 7) is 5.55. The van der Waals surface area contributed by atoms with Crippen molar-refractivity contribution < 1.29 is 4.74 Å². The molecule has 0 spiro atoms. The summed E-state index contributed by atoms with van der Waals surface area (Å²) in [6, 6.07) is 0. The Balaban J connectivity index is 2.41. The second-order valence-corrected chi connectivity index (χ2v) is 2.87. The van der Waals surface area contributed by atoms with Crippen LogP contribution in [0.4, 0.5) is 0 Å². The molecule has 1 aliphatic heterocycles. The quantitative estimate of drug-likeness (QED) is 0.472. The first-order valence-corrected chi connectivity index (χ1v) is 3.27. The fraction of sp³-hybridized carbons (Fsp3) is 1.00. The van der Waals surface area contributed by atoms with Gasteiger partial charge in [0.15, 0.2) is 0 Å². The molecular formula is C6H14N2O. The minimum Gasteiger partial charge on any atom is -0.356 e. The van der Waals surface area contributed by atoms with Gasteiger partial charge in [0.25, 0.3) is 0 Å². The Labute approximate surface area is 55.6 Å². The fourth-order valence-corrected chi connectivity index (χ4v) is 1.07. The van der Waals surface area contributed by atoms with Gasteiger partial charge in [-0.25, -0.2) is 0 Å². The van der Waals surface area contributed by atoms with Crippen LogP contribution in [-0.2, 0) is 4.74 Å². The number of nitrogens with two attached hydrogens (primary N) is 1. The van der Waals surface area contributed by atoms with Gasteiger partial charge in [0.1, 0.15) is 5.72 Å². The van der Waals surface area contributed by atoms with Crippen molar-refractivity contribution in [2.75, 3.05) is 13.1 Å². The van der Waals surface area contributed by atoms with Gasteiger partial charge in [-0.1, -0.05) is 0 Å². The van der Waals surface area contributed by atoms with E-state index in [4.69, 9.17) is 10.5 Å². The first-order chi connectivity index (χ1) is 4.10. The van der Waals surface area contributed by atoms with Gasteiger partial charge in [-0.3, -0.25) is 0 Å². The van der Waals surface area contributed by atoms with Gasteiger partial charge in [-0.15, -0.1) is 0 Å². The smallest absolute Gasteiger partial charge is 0.126 e. The lowest BCUT2D eigenvalue weighted by atomic mass is 10.2. The van der Waals surface area contributed by atoms with Crippen molar-refractivity contribution in [2.45, 2.75) is 25.7 Å². The van der Waals surface area contributed by atoms with E-state index >= 15 is 0 Å². The standard InChI is InChI=1S/C6H14N2O/c1-5-3-8-4-6(2,7)9-5/h5,8H,3-4,7H2,1-2H3. The lowest BCUT2D eigenvalue weighted by Gasteiger charge is -2.34. The second kappa shape index (κ2) is 2.25. The van der Waals surface area contributed by atoms with Gasteiger partial charge >= 0.3 is 0 Å². The van der Waals surface area contributed by atoms with Crippen molar-refractivity contribution >= 4 is 0 Å². The van der Waals surface area contributed by atoms with Crippen molar-refractivity contribution in [3.05, 3.63) is 0 Å². The molecule has 2 atom stereocenters. The third kappa shape index (κ3) is 1.93. The molecule has 1 saturated heterocycles. The van der Waals surface area contributed by atoms with E-state index in [1.165, 1.54) is 0 Å². The maximum atomic E-state index is 5.68. The van der Waals surface area contributed by atoms with Crippen molar-refractivity contribution in [1.82, 2.24) is 5.32 Å². The van der Waals surface area contributed by atoms with Crippen molar-refractivity contribution in [3.63, 3.8) is 0 Å². The maximum absolute atomic E-state index is 5.68. The van der Waals surface area contributed by atoms with E-state index in [-0.39, 0.29) is 6.10 Å². The fourth-order valence-electron chi connectivity index (χ4n) is 1.07. The SMILES string of the molecule is CC1CNCC(C)(N)O1. The number of rotatable bonds is 0. The zero-order chi connectivity index (χ0) is 6.91. The topological polar surface area (TPSA) is 47.3 Å². The first kappa shape index (κ1) is 6.99. The van der Waals surface area contributed by atoms with Crippen molar-refractivity contribution in [1.29, 1.82) is 0 Å². The molecule has 1 rings (SSSR count). The molecule has 54 valence electrons. The van der Waals surface area contributed by atoms with Gasteiger partial charge < -0.3 is 15.8 Å². The van der Waals surface area contributed by atoms with E-state index < -0.39 is 5.72 Å². The highest BCUT2D eigenvalue weighted by atomic mass is 16.5. The Morgan fingerprint density at radius 1 is 1.78 bits per heavy atom. The molecule has 2 unspecified atom stereocenters. The lowest BCUT2D eigenvalue weighted by Crippen LogP contribution is -2.56. The van der Waals surface area contributed by atoms with Crippen molar-refractivity contribution in [3.8, 4) is 0 Å².